The lowest BCUT2D eigenvalue weighted by Crippen LogP contribution is -2.37. The molecule has 1 aromatic heterocycles. The third-order valence-electron chi connectivity index (χ3n) is 5.91. The summed E-state index contributed by atoms with van der Waals surface area (Å²) in [5, 5.41) is 7.97. The SMILES string of the molecule is CN(SN1CCC(n2ncc(NCC3CCCOC3)c(Cl)c2=O)CC1)c1ccccc1. The van der Waals surface area contributed by atoms with E-state index in [1.54, 1.807) is 23.0 Å². The molecule has 1 N–H and O–H groups in total. The summed E-state index contributed by atoms with van der Waals surface area (Å²) in [4.78, 5) is 12.9. The lowest BCUT2D eigenvalue weighted by Gasteiger charge is -2.33. The van der Waals surface area contributed by atoms with Crippen LogP contribution in [0.5, 0.6) is 0 Å². The van der Waals surface area contributed by atoms with Gasteiger partial charge in [-0.3, -0.25) is 4.79 Å². The van der Waals surface area contributed by atoms with Gasteiger partial charge in [0.1, 0.15) is 5.02 Å². The van der Waals surface area contributed by atoms with Crippen LogP contribution in [0.3, 0.4) is 0 Å². The van der Waals surface area contributed by atoms with Crippen LogP contribution in [0.25, 0.3) is 0 Å². The van der Waals surface area contributed by atoms with Crippen LogP contribution in [-0.4, -0.2) is 54.0 Å². The van der Waals surface area contributed by atoms with Crippen molar-refractivity contribution in [1.82, 2.24) is 14.1 Å². The number of halogens is 1. The van der Waals surface area contributed by atoms with Crippen molar-refractivity contribution >= 4 is 35.1 Å². The molecule has 2 fully saturated rings. The fourth-order valence-corrected chi connectivity index (χ4v) is 5.22. The van der Waals surface area contributed by atoms with Gasteiger partial charge in [-0.2, -0.15) is 5.10 Å². The van der Waals surface area contributed by atoms with Crippen molar-refractivity contribution in [3.05, 3.63) is 51.9 Å². The predicted molar refractivity (Wildman–Crippen MR) is 128 cm³/mol. The number of hydrogen-bond donors (Lipinski definition) is 1. The molecule has 2 aromatic rings. The first kappa shape index (κ1) is 22.5. The van der Waals surface area contributed by atoms with Crippen molar-refractivity contribution in [3.63, 3.8) is 0 Å². The molecule has 0 amide bonds. The van der Waals surface area contributed by atoms with Crippen LogP contribution >= 0.6 is 23.7 Å². The maximum atomic E-state index is 12.9. The molecule has 9 heteroatoms. The standard InChI is InChI=1S/C22H30ClN5O2S/c1-26(18-7-3-2-4-8-18)31-27-11-9-19(10-12-27)28-22(29)21(23)20(15-25-28)24-14-17-6-5-13-30-16-17/h2-4,7-8,15,17,19,24H,5-6,9-14,16H2,1H3. The molecule has 1 atom stereocenters. The Kier molecular flexibility index (Phi) is 7.76. The summed E-state index contributed by atoms with van der Waals surface area (Å²) >= 11 is 8.13. The van der Waals surface area contributed by atoms with Gasteiger partial charge in [-0.15, -0.1) is 0 Å². The molecule has 1 aromatic carbocycles. The number of ether oxygens (including phenoxy) is 1. The van der Waals surface area contributed by atoms with E-state index in [4.69, 9.17) is 16.3 Å². The van der Waals surface area contributed by atoms with Crippen LogP contribution in [0.4, 0.5) is 11.4 Å². The molecule has 2 aliphatic heterocycles. The maximum absolute atomic E-state index is 12.9. The van der Waals surface area contributed by atoms with Gasteiger partial charge in [0, 0.05) is 51.1 Å². The molecule has 2 saturated heterocycles. The van der Waals surface area contributed by atoms with Crippen molar-refractivity contribution < 1.29 is 4.74 Å². The number of nitrogens with one attached hydrogen (secondary N) is 1. The summed E-state index contributed by atoms with van der Waals surface area (Å²) in [5.41, 5.74) is 1.58. The predicted octanol–water partition coefficient (Wildman–Crippen LogP) is 4.07. The van der Waals surface area contributed by atoms with E-state index in [0.29, 0.717) is 11.6 Å². The number of benzene rings is 1. The van der Waals surface area contributed by atoms with Crippen molar-refractivity contribution in [1.29, 1.82) is 0 Å². The first-order valence-corrected chi connectivity index (χ1v) is 12.0. The lowest BCUT2D eigenvalue weighted by atomic mass is 10.0. The van der Waals surface area contributed by atoms with Crippen molar-refractivity contribution in [2.75, 3.05) is 49.5 Å². The maximum Gasteiger partial charge on any atom is 0.287 e. The normalized spacial score (nSPS) is 20.5. The Morgan fingerprint density at radius 1 is 1.26 bits per heavy atom. The van der Waals surface area contributed by atoms with E-state index in [-0.39, 0.29) is 16.6 Å². The average molecular weight is 464 g/mol. The van der Waals surface area contributed by atoms with Gasteiger partial charge in [0.2, 0.25) is 0 Å². The Morgan fingerprint density at radius 2 is 2.03 bits per heavy atom. The number of rotatable bonds is 7. The van der Waals surface area contributed by atoms with Gasteiger partial charge < -0.3 is 14.4 Å². The zero-order valence-corrected chi connectivity index (χ0v) is 19.4. The Balaban J connectivity index is 1.32. The van der Waals surface area contributed by atoms with Gasteiger partial charge in [-0.25, -0.2) is 8.99 Å². The first-order chi connectivity index (χ1) is 15.1. The molecule has 1 unspecified atom stereocenters. The van der Waals surface area contributed by atoms with Crippen LogP contribution in [0.15, 0.2) is 41.3 Å². The average Bonchev–Trinajstić information content (AvgIpc) is 2.82. The molecular formula is C22H30ClN5O2S. The van der Waals surface area contributed by atoms with Crippen molar-refractivity contribution in [2.24, 2.45) is 5.92 Å². The molecule has 0 spiro atoms. The summed E-state index contributed by atoms with van der Waals surface area (Å²) < 4.78 is 11.6. The van der Waals surface area contributed by atoms with Crippen molar-refractivity contribution in [2.45, 2.75) is 31.7 Å². The quantitative estimate of drug-likeness (QED) is 0.621. The van der Waals surface area contributed by atoms with Gasteiger partial charge in [0.05, 0.1) is 24.5 Å². The van der Waals surface area contributed by atoms with Crippen molar-refractivity contribution in [3.8, 4) is 0 Å². The van der Waals surface area contributed by atoms with E-state index in [1.165, 1.54) is 5.69 Å². The van der Waals surface area contributed by atoms with E-state index in [2.05, 4.69) is 38.2 Å². The van der Waals surface area contributed by atoms with Crippen LogP contribution in [0.1, 0.15) is 31.7 Å². The highest BCUT2D eigenvalue weighted by Gasteiger charge is 2.25. The fraction of sp³-hybridized carbons (Fsp3) is 0.545. The van der Waals surface area contributed by atoms with Crippen LogP contribution in [0.2, 0.25) is 5.02 Å². The summed E-state index contributed by atoms with van der Waals surface area (Å²) in [6, 6.07) is 10.4. The highest BCUT2D eigenvalue weighted by Crippen LogP contribution is 2.29. The number of hydrogen-bond acceptors (Lipinski definition) is 7. The molecule has 0 aliphatic carbocycles. The van der Waals surface area contributed by atoms with Gasteiger partial charge >= 0.3 is 0 Å². The second-order valence-electron chi connectivity index (χ2n) is 8.16. The third-order valence-corrected chi connectivity index (χ3v) is 7.32. The zero-order chi connectivity index (χ0) is 21.6. The van der Waals surface area contributed by atoms with E-state index in [9.17, 15) is 4.79 Å². The smallest absolute Gasteiger partial charge is 0.287 e. The van der Waals surface area contributed by atoms with E-state index in [0.717, 1.165) is 58.5 Å². The molecule has 0 radical (unpaired) electrons. The van der Waals surface area contributed by atoms with Gasteiger partial charge in [-0.05, 0) is 43.7 Å². The number of anilines is 2. The molecule has 7 nitrogen and oxygen atoms in total. The van der Waals surface area contributed by atoms with Gasteiger partial charge in [0.25, 0.3) is 5.56 Å². The molecule has 0 saturated carbocycles. The minimum absolute atomic E-state index is 0.0738. The van der Waals surface area contributed by atoms with Crippen LogP contribution in [-0.2, 0) is 4.74 Å². The highest BCUT2D eigenvalue weighted by molar-refractivity contribution is 7.98. The zero-order valence-electron chi connectivity index (χ0n) is 17.9. The Bertz CT molecular complexity index is 899. The summed E-state index contributed by atoms with van der Waals surface area (Å²) in [7, 11) is 2.07. The molecule has 3 heterocycles. The Labute approximate surface area is 193 Å². The summed E-state index contributed by atoms with van der Waals surface area (Å²) in [6.45, 7) is 4.12. The number of piperidine rings is 1. The Hall–Kier alpha value is -1.74. The van der Waals surface area contributed by atoms with Gasteiger partial charge in [0.15, 0.2) is 0 Å². The Morgan fingerprint density at radius 3 is 2.74 bits per heavy atom. The fourth-order valence-electron chi connectivity index (χ4n) is 4.08. The van der Waals surface area contributed by atoms with E-state index in [1.807, 2.05) is 18.2 Å². The lowest BCUT2D eigenvalue weighted by molar-refractivity contribution is 0.0595. The first-order valence-electron chi connectivity index (χ1n) is 10.9. The topological polar surface area (TPSA) is 62.6 Å². The second-order valence-corrected chi connectivity index (χ2v) is 9.77. The van der Waals surface area contributed by atoms with Gasteiger partial charge in [-0.1, -0.05) is 29.8 Å². The summed E-state index contributed by atoms with van der Waals surface area (Å²) in [6.07, 6.45) is 5.64. The number of aromatic nitrogens is 2. The molecule has 0 bridgehead atoms. The molecular weight excluding hydrogens is 434 g/mol. The van der Waals surface area contributed by atoms with Crippen LogP contribution < -0.4 is 15.2 Å². The molecule has 168 valence electrons. The van der Waals surface area contributed by atoms with Crippen LogP contribution in [0, 0.1) is 5.92 Å². The van der Waals surface area contributed by atoms with E-state index < -0.39 is 0 Å². The number of nitrogens with zero attached hydrogens (tertiary/aromatic N) is 4. The molecule has 31 heavy (non-hydrogen) atoms. The highest BCUT2D eigenvalue weighted by atomic mass is 35.5. The van der Waals surface area contributed by atoms with E-state index >= 15 is 0 Å². The number of para-hydroxylation sites is 1. The summed E-state index contributed by atoms with van der Waals surface area (Å²) in [5.74, 6) is 0.447. The minimum atomic E-state index is -0.209. The molecule has 4 rings (SSSR count). The second kappa shape index (κ2) is 10.7. The molecule has 2 aliphatic rings. The minimum Gasteiger partial charge on any atom is -0.382 e. The largest absolute Gasteiger partial charge is 0.382 e. The monoisotopic (exact) mass is 463 g/mol. The third kappa shape index (κ3) is 5.74.